The Morgan fingerprint density at radius 1 is 0.875 bits per heavy atom. The SMILES string of the molecule is COc1cc(CNc2ccc3ccccc3[nH+]2)cc(OC)c1OC. The smallest absolute Gasteiger partial charge is 0.272 e. The molecule has 3 rings (SSSR count). The number of H-pyrrole nitrogens is 1. The minimum Gasteiger partial charge on any atom is -0.493 e. The zero-order valence-electron chi connectivity index (χ0n) is 14.1. The number of para-hydroxylation sites is 1. The summed E-state index contributed by atoms with van der Waals surface area (Å²) in [4.78, 5) is 3.38. The van der Waals surface area contributed by atoms with Crippen molar-refractivity contribution in [3.8, 4) is 17.2 Å². The minimum absolute atomic E-state index is 0.598. The summed E-state index contributed by atoms with van der Waals surface area (Å²) in [6.07, 6.45) is 0. The number of aromatic nitrogens is 1. The number of aromatic amines is 1. The van der Waals surface area contributed by atoms with E-state index in [0.29, 0.717) is 23.8 Å². The molecule has 5 heteroatoms. The average Bonchev–Trinajstić information content (AvgIpc) is 2.65. The highest BCUT2D eigenvalue weighted by Crippen LogP contribution is 2.38. The third-order valence-corrected chi connectivity index (χ3v) is 3.87. The normalized spacial score (nSPS) is 10.5. The molecule has 3 aromatic rings. The molecule has 0 radical (unpaired) electrons. The van der Waals surface area contributed by atoms with E-state index >= 15 is 0 Å². The van der Waals surface area contributed by atoms with Crippen molar-refractivity contribution in [1.82, 2.24) is 0 Å². The third kappa shape index (κ3) is 3.20. The highest BCUT2D eigenvalue weighted by atomic mass is 16.5. The number of ether oxygens (including phenoxy) is 3. The second-order valence-corrected chi connectivity index (χ2v) is 5.35. The number of benzene rings is 2. The fraction of sp³-hybridized carbons (Fsp3) is 0.211. The third-order valence-electron chi connectivity index (χ3n) is 3.87. The Kier molecular flexibility index (Phi) is 4.70. The van der Waals surface area contributed by atoms with Crippen LogP contribution in [0, 0.1) is 0 Å². The number of methoxy groups -OCH3 is 3. The van der Waals surface area contributed by atoms with Gasteiger partial charge in [0.25, 0.3) is 5.82 Å². The molecule has 0 amide bonds. The number of hydrogen-bond acceptors (Lipinski definition) is 4. The molecule has 0 saturated heterocycles. The van der Waals surface area contributed by atoms with Gasteiger partial charge < -0.3 is 14.2 Å². The summed E-state index contributed by atoms with van der Waals surface area (Å²) in [5.74, 6) is 2.84. The van der Waals surface area contributed by atoms with E-state index in [1.54, 1.807) is 21.3 Å². The molecule has 124 valence electrons. The maximum Gasteiger partial charge on any atom is 0.272 e. The van der Waals surface area contributed by atoms with Gasteiger partial charge in [0.1, 0.15) is 12.1 Å². The van der Waals surface area contributed by atoms with Crippen LogP contribution in [0.4, 0.5) is 5.82 Å². The molecule has 0 atom stereocenters. The van der Waals surface area contributed by atoms with Crippen LogP contribution in [0.15, 0.2) is 48.5 Å². The molecule has 5 nitrogen and oxygen atoms in total. The fourth-order valence-corrected chi connectivity index (χ4v) is 2.65. The monoisotopic (exact) mass is 325 g/mol. The van der Waals surface area contributed by atoms with Crippen LogP contribution < -0.4 is 24.5 Å². The van der Waals surface area contributed by atoms with E-state index in [-0.39, 0.29) is 0 Å². The van der Waals surface area contributed by atoms with Gasteiger partial charge in [0.2, 0.25) is 5.75 Å². The summed E-state index contributed by atoms with van der Waals surface area (Å²) < 4.78 is 16.1. The van der Waals surface area contributed by atoms with Gasteiger partial charge in [-0.2, -0.15) is 0 Å². The molecule has 0 unspecified atom stereocenters. The van der Waals surface area contributed by atoms with Crippen LogP contribution in [0.3, 0.4) is 0 Å². The Morgan fingerprint density at radius 3 is 2.25 bits per heavy atom. The Bertz CT molecular complexity index is 824. The first-order chi connectivity index (χ1) is 11.7. The summed E-state index contributed by atoms with van der Waals surface area (Å²) in [6, 6.07) is 16.2. The van der Waals surface area contributed by atoms with Gasteiger partial charge in [-0.3, -0.25) is 5.32 Å². The van der Waals surface area contributed by atoms with Crippen molar-refractivity contribution in [2.45, 2.75) is 6.54 Å². The molecular formula is C19H21N2O3+. The van der Waals surface area contributed by atoms with Gasteiger partial charge >= 0.3 is 0 Å². The van der Waals surface area contributed by atoms with Crippen molar-refractivity contribution >= 4 is 16.7 Å². The Labute approximate surface area is 141 Å². The maximum absolute atomic E-state index is 5.39. The first-order valence-corrected chi connectivity index (χ1v) is 7.69. The fourth-order valence-electron chi connectivity index (χ4n) is 2.65. The predicted octanol–water partition coefficient (Wildman–Crippen LogP) is 3.29. The van der Waals surface area contributed by atoms with Crippen LogP contribution in [-0.2, 0) is 6.54 Å². The molecule has 2 aromatic carbocycles. The van der Waals surface area contributed by atoms with E-state index in [9.17, 15) is 0 Å². The second kappa shape index (κ2) is 7.08. The number of rotatable bonds is 6. The zero-order valence-corrected chi connectivity index (χ0v) is 14.1. The van der Waals surface area contributed by atoms with Crippen LogP contribution >= 0.6 is 0 Å². The molecule has 0 aliphatic carbocycles. The number of anilines is 1. The van der Waals surface area contributed by atoms with E-state index in [2.05, 4.69) is 28.5 Å². The van der Waals surface area contributed by atoms with Crippen LogP contribution in [-0.4, -0.2) is 21.3 Å². The Balaban J connectivity index is 1.82. The van der Waals surface area contributed by atoms with Crippen molar-refractivity contribution in [2.24, 2.45) is 0 Å². The number of hydrogen-bond donors (Lipinski definition) is 1. The molecule has 24 heavy (non-hydrogen) atoms. The van der Waals surface area contributed by atoms with E-state index in [0.717, 1.165) is 16.9 Å². The second-order valence-electron chi connectivity index (χ2n) is 5.35. The first-order valence-electron chi connectivity index (χ1n) is 7.69. The number of nitrogens with one attached hydrogen (secondary N) is 2. The molecule has 0 aliphatic rings. The van der Waals surface area contributed by atoms with Crippen LogP contribution in [0.5, 0.6) is 17.2 Å². The lowest BCUT2D eigenvalue weighted by atomic mass is 10.1. The zero-order chi connectivity index (χ0) is 16.9. The van der Waals surface area contributed by atoms with Gasteiger partial charge in [-0.25, -0.2) is 4.98 Å². The van der Waals surface area contributed by atoms with Crippen molar-refractivity contribution < 1.29 is 19.2 Å². The lowest BCUT2D eigenvalue weighted by Gasteiger charge is -2.13. The largest absolute Gasteiger partial charge is 0.493 e. The van der Waals surface area contributed by atoms with Crippen molar-refractivity contribution in [3.63, 3.8) is 0 Å². The summed E-state index contributed by atoms with van der Waals surface area (Å²) in [5.41, 5.74) is 2.12. The van der Waals surface area contributed by atoms with E-state index in [1.165, 1.54) is 5.39 Å². The highest BCUT2D eigenvalue weighted by Gasteiger charge is 2.14. The molecule has 0 saturated carbocycles. The Morgan fingerprint density at radius 2 is 1.58 bits per heavy atom. The van der Waals surface area contributed by atoms with Crippen molar-refractivity contribution in [1.29, 1.82) is 0 Å². The summed E-state index contributed by atoms with van der Waals surface area (Å²) in [5, 5.41) is 4.56. The molecular weight excluding hydrogens is 304 g/mol. The van der Waals surface area contributed by atoms with Gasteiger partial charge in [-0.05, 0) is 24.3 Å². The van der Waals surface area contributed by atoms with Gasteiger partial charge in [0, 0.05) is 17.0 Å². The molecule has 0 bridgehead atoms. The molecule has 0 spiro atoms. The van der Waals surface area contributed by atoms with Crippen LogP contribution in [0.1, 0.15) is 5.56 Å². The molecule has 0 fully saturated rings. The summed E-state index contributed by atoms with van der Waals surface area (Å²) >= 11 is 0. The number of fused-ring (bicyclic) bond motifs is 1. The predicted molar refractivity (Wildman–Crippen MR) is 93.9 cm³/mol. The van der Waals surface area contributed by atoms with Gasteiger partial charge in [0.15, 0.2) is 11.5 Å². The van der Waals surface area contributed by atoms with E-state index in [4.69, 9.17) is 14.2 Å². The number of pyridine rings is 1. The highest BCUT2D eigenvalue weighted by molar-refractivity contribution is 5.75. The van der Waals surface area contributed by atoms with Crippen LogP contribution in [0.2, 0.25) is 0 Å². The first kappa shape index (κ1) is 15.9. The minimum atomic E-state index is 0.598. The molecule has 2 N–H and O–H groups in total. The lowest BCUT2D eigenvalue weighted by molar-refractivity contribution is -0.327. The average molecular weight is 325 g/mol. The molecule has 1 aromatic heterocycles. The molecule has 1 heterocycles. The lowest BCUT2D eigenvalue weighted by Crippen LogP contribution is -2.13. The standard InChI is InChI=1S/C19H20N2O3/c1-22-16-10-13(11-17(23-2)19(16)24-3)12-20-18-9-8-14-6-4-5-7-15(14)21-18/h4-11H,12H2,1-3H3,(H,20,21)/p+1. The summed E-state index contributed by atoms with van der Waals surface area (Å²) in [6.45, 7) is 0.631. The summed E-state index contributed by atoms with van der Waals surface area (Å²) in [7, 11) is 4.83. The maximum atomic E-state index is 5.39. The van der Waals surface area contributed by atoms with Crippen molar-refractivity contribution in [3.05, 3.63) is 54.1 Å². The molecule has 0 aliphatic heterocycles. The van der Waals surface area contributed by atoms with Gasteiger partial charge in [-0.15, -0.1) is 0 Å². The topological polar surface area (TPSA) is 53.9 Å². The van der Waals surface area contributed by atoms with E-state index in [1.807, 2.05) is 30.3 Å². The quantitative estimate of drug-likeness (QED) is 0.755. The van der Waals surface area contributed by atoms with Crippen LogP contribution in [0.25, 0.3) is 10.9 Å². The Hall–Kier alpha value is -2.95. The van der Waals surface area contributed by atoms with Gasteiger partial charge in [-0.1, -0.05) is 18.2 Å². The van der Waals surface area contributed by atoms with Crippen molar-refractivity contribution in [2.75, 3.05) is 26.6 Å². The van der Waals surface area contributed by atoms with Gasteiger partial charge in [0.05, 0.1) is 21.3 Å². The van der Waals surface area contributed by atoms with E-state index < -0.39 is 0 Å².